The number of rotatable bonds is 4. The Hall–Kier alpha value is -2.18. The Morgan fingerprint density at radius 1 is 1.24 bits per heavy atom. The van der Waals surface area contributed by atoms with E-state index in [1.165, 1.54) is 0 Å². The number of benzene rings is 1. The minimum Gasteiger partial charge on any atom is -0.371 e. The molecule has 0 fully saturated rings. The number of aromatic nitrogens is 4. The quantitative estimate of drug-likeness (QED) is 0.721. The average Bonchev–Trinajstić information content (AvgIpc) is 2.90. The number of fused-ring (bicyclic) bond motifs is 1. The number of hydrogen-bond acceptors (Lipinski definition) is 5. The molecule has 108 valence electrons. The van der Waals surface area contributed by atoms with Crippen LogP contribution >= 0.6 is 11.6 Å². The lowest BCUT2D eigenvalue weighted by molar-refractivity contribution is 0.799. The third-order valence-corrected chi connectivity index (χ3v) is 3.52. The monoisotopic (exact) mass is 302 g/mol. The highest BCUT2D eigenvalue weighted by atomic mass is 35.5. The topological polar surface area (TPSA) is 81.7 Å². The molecule has 1 aromatic carbocycles. The van der Waals surface area contributed by atoms with E-state index in [2.05, 4.69) is 26.3 Å². The zero-order valence-corrected chi connectivity index (χ0v) is 12.3. The Labute approximate surface area is 127 Å². The molecule has 3 aromatic rings. The number of hydrogen-bond donors (Lipinski definition) is 2. The Morgan fingerprint density at radius 2 is 2.00 bits per heavy atom. The molecule has 7 heteroatoms. The van der Waals surface area contributed by atoms with Crippen molar-refractivity contribution in [1.82, 2.24) is 19.5 Å². The summed E-state index contributed by atoms with van der Waals surface area (Å²) in [6.45, 7) is 1.14. The van der Waals surface area contributed by atoms with Crippen LogP contribution in [0.1, 0.15) is 11.1 Å². The second kappa shape index (κ2) is 5.67. The Morgan fingerprint density at radius 3 is 2.71 bits per heavy atom. The molecule has 0 saturated heterocycles. The molecule has 6 nitrogen and oxygen atoms in total. The normalized spacial score (nSPS) is 11.0. The van der Waals surface area contributed by atoms with Crippen LogP contribution in [0.25, 0.3) is 11.2 Å². The lowest BCUT2D eigenvalue weighted by atomic mass is 10.1. The van der Waals surface area contributed by atoms with E-state index >= 15 is 0 Å². The van der Waals surface area contributed by atoms with Gasteiger partial charge >= 0.3 is 0 Å². The molecule has 21 heavy (non-hydrogen) atoms. The fraction of sp³-hybridized carbons (Fsp3) is 0.214. The van der Waals surface area contributed by atoms with Gasteiger partial charge in [0.2, 0.25) is 5.28 Å². The second-order valence-corrected chi connectivity index (χ2v) is 4.95. The van der Waals surface area contributed by atoms with Crippen molar-refractivity contribution < 1.29 is 0 Å². The summed E-state index contributed by atoms with van der Waals surface area (Å²) >= 11 is 5.97. The first-order valence-electron chi connectivity index (χ1n) is 6.56. The van der Waals surface area contributed by atoms with Crippen LogP contribution in [0.3, 0.4) is 0 Å². The maximum absolute atomic E-state index is 5.97. The van der Waals surface area contributed by atoms with Crippen molar-refractivity contribution in [3.63, 3.8) is 0 Å². The van der Waals surface area contributed by atoms with E-state index < -0.39 is 0 Å². The summed E-state index contributed by atoms with van der Waals surface area (Å²) in [6, 6.07) is 8.05. The van der Waals surface area contributed by atoms with E-state index in [4.69, 9.17) is 17.3 Å². The largest absolute Gasteiger partial charge is 0.371 e. The molecule has 0 unspecified atom stereocenters. The fourth-order valence-corrected chi connectivity index (χ4v) is 2.47. The Bertz CT molecular complexity index is 782. The predicted molar refractivity (Wildman–Crippen MR) is 83.3 cm³/mol. The molecule has 0 aliphatic heterocycles. The molecular weight excluding hydrogens is 288 g/mol. The van der Waals surface area contributed by atoms with Gasteiger partial charge in [0, 0.05) is 13.6 Å². The van der Waals surface area contributed by atoms with Gasteiger partial charge in [0.25, 0.3) is 0 Å². The third kappa shape index (κ3) is 2.55. The van der Waals surface area contributed by atoms with E-state index in [9.17, 15) is 0 Å². The average molecular weight is 303 g/mol. The van der Waals surface area contributed by atoms with Crippen LogP contribution in [-0.2, 0) is 13.1 Å². The van der Waals surface area contributed by atoms with Gasteiger partial charge in [0.15, 0.2) is 17.0 Å². The molecule has 3 rings (SSSR count). The van der Waals surface area contributed by atoms with Gasteiger partial charge in [-0.05, 0) is 22.7 Å². The van der Waals surface area contributed by atoms with Crippen molar-refractivity contribution in [2.45, 2.75) is 13.1 Å². The van der Waals surface area contributed by atoms with E-state index in [0.717, 1.165) is 11.1 Å². The fourth-order valence-electron chi connectivity index (χ4n) is 2.30. The first-order valence-corrected chi connectivity index (χ1v) is 6.93. The maximum atomic E-state index is 5.97. The van der Waals surface area contributed by atoms with Crippen LogP contribution in [0.15, 0.2) is 30.6 Å². The van der Waals surface area contributed by atoms with Crippen LogP contribution < -0.4 is 11.1 Å². The van der Waals surface area contributed by atoms with Crippen LogP contribution in [-0.4, -0.2) is 26.6 Å². The van der Waals surface area contributed by atoms with E-state index in [-0.39, 0.29) is 5.28 Å². The summed E-state index contributed by atoms with van der Waals surface area (Å²) in [5.74, 6) is 0.621. The lowest BCUT2D eigenvalue weighted by Crippen LogP contribution is -2.06. The zero-order valence-electron chi connectivity index (χ0n) is 11.5. The summed E-state index contributed by atoms with van der Waals surface area (Å²) in [4.78, 5) is 12.8. The summed E-state index contributed by atoms with van der Waals surface area (Å²) in [7, 11) is 1.78. The number of imidazole rings is 1. The van der Waals surface area contributed by atoms with Crippen molar-refractivity contribution in [3.8, 4) is 0 Å². The molecule has 0 spiro atoms. The summed E-state index contributed by atoms with van der Waals surface area (Å²) in [6.07, 6.45) is 1.74. The number of nitrogens with one attached hydrogen (secondary N) is 1. The smallest absolute Gasteiger partial charge is 0.226 e. The van der Waals surface area contributed by atoms with Gasteiger partial charge in [-0.25, -0.2) is 4.98 Å². The van der Waals surface area contributed by atoms with Gasteiger partial charge in [-0.2, -0.15) is 9.97 Å². The van der Waals surface area contributed by atoms with Crippen molar-refractivity contribution in [2.75, 3.05) is 12.4 Å². The SMILES string of the molecule is CNc1nc(Cl)nc2c1ncn2Cc1ccccc1CN. The molecule has 0 aliphatic rings. The molecular formula is C14H15ClN6. The van der Waals surface area contributed by atoms with Crippen molar-refractivity contribution in [1.29, 1.82) is 0 Å². The highest BCUT2D eigenvalue weighted by molar-refractivity contribution is 6.28. The molecule has 2 heterocycles. The molecule has 0 amide bonds. The van der Waals surface area contributed by atoms with E-state index in [1.807, 2.05) is 22.8 Å². The third-order valence-electron chi connectivity index (χ3n) is 3.35. The minimum atomic E-state index is 0.195. The maximum Gasteiger partial charge on any atom is 0.226 e. The number of nitrogens with zero attached hydrogens (tertiary/aromatic N) is 4. The van der Waals surface area contributed by atoms with E-state index in [1.54, 1.807) is 13.4 Å². The molecule has 0 saturated carbocycles. The number of anilines is 1. The number of halogens is 1. The van der Waals surface area contributed by atoms with Crippen LogP contribution in [0.2, 0.25) is 5.28 Å². The van der Waals surface area contributed by atoms with Crippen LogP contribution in [0.5, 0.6) is 0 Å². The molecule has 3 N–H and O–H groups in total. The molecule has 0 aliphatic carbocycles. The van der Waals surface area contributed by atoms with Gasteiger partial charge in [0.1, 0.15) is 0 Å². The van der Waals surface area contributed by atoms with Gasteiger partial charge in [-0.1, -0.05) is 24.3 Å². The zero-order chi connectivity index (χ0) is 14.8. The predicted octanol–water partition coefficient (Wildman–Crippen LogP) is 2.03. The standard InChI is InChI=1S/C14H15ClN6/c1-17-12-11-13(20-14(15)19-12)21(8-18-11)7-10-5-3-2-4-9(10)6-16/h2-5,8H,6-7,16H2,1H3,(H,17,19,20). The first kappa shape index (κ1) is 13.8. The van der Waals surface area contributed by atoms with Gasteiger partial charge in [-0.3, -0.25) is 0 Å². The summed E-state index contributed by atoms with van der Waals surface area (Å²) < 4.78 is 1.94. The highest BCUT2D eigenvalue weighted by Crippen LogP contribution is 2.21. The van der Waals surface area contributed by atoms with Crippen LogP contribution in [0.4, 0.5) is 5.82 Å². The summed E-state index contributed by atoms with van der Waals surface area (Å²) in [5, 5.41) is 3.17. The molecule has 0 bridgehead atoms. The van der Waals surface area contributed by atoms with Gasteiger partial charge in [0.05, 0.1) is 12.9 Å². The second-order valence-electron chi connectivity index (χ2n) is 4.61. The molecule has 2 aromatic heterocycles. The van der Waals surface area contributed by atoms with Crippen molar-refractivity contribution in [2.24, 2.45) is 5.73 Å². The minimum absolute atomic E-state index is 0.195. The van der Waals surface area contributed by atoms with Crippen molar-refractivity contribution >= 4 is 28.6 Å². The van der Waals surface area contributed by atoms with Crippen LogP contribution in [0, 0.1) is 0 Å². The molecule has 0 radical (unpaired) electrons. The van der Waals surface area contributed by atoms with Crippen molar-refractivity contribution in [3.05, 3.63) is 47.0 Å². The summed E-state index contributed by atoms with van der Waals surface area (Å²) in [5.41, 5.74) is 9.43. The Balaban J connectivity index is 2.07. The van der Waals surface area contributed by atoms with Gasteiger partial charge in [-0.15, -0.1) is 0 Å². The highest BCUT2D eigenvalue weighted by Gasteiger charge is 2.12. The van der Waals surface area contributed by atoms with E-state index in [0.29, 0.717) is 30.1 Å². The Kier molecular flexibility index (Phi) is 3.72. The molecule has 0 atom stereocenters. The number of nitrogens with two attached hydrogens (primary N) is 1. The van der Waals surface area contributed by atoms with Gasteiger partial charge < -0.3 is 15.6 Å². The lowest BCUT2D eigenvalue weighted by Gasteiger charge is -2.09. The first-order chi connectivity index (χ1) is 10.2.